The second-order valence-electron chi connectivity index (χ2n) is 5.93. The summed E-state index contributed by atoms with van der Waals surface area (Å²) in [6, 6.07) is 8.14. The van der Waals surface area contributed by atoms with Crippen molar-refractivity contribution in [3.05, 3.63) is 47.0 Å². The lowest BCUT2D eigenvalue weighted by Crippen LogP contribution is -2.41. The molecule has 130 valence electrons. The standard InChI is InChI=1S/C16H21ClN6.HI/c1-18-15(19-9-14-22-21-11-23(14)2)20-10-16(6-7-16)12-4-3-5-13(17)8-12;/h3-5,8,11H,6-7,9-10H2,1-2H3,(H2,18,19,20);1H. The van der Waals surface area contributed by atoms with Crippen LogP contribution in [0.4, 0.5) is 0 Å². The topological polar surface area (TPSA) is 67.1 Å². The number of guanidine groups is 1. The number of hydrogen-bond acceptors (Lipinski definition) is 3. The summed E-state index contributed by atoms with van der Waals surface area (Å²) in [7, 11) is 3.69. The number of aryl methyl sites for hydroxylation is 1. The van der Waals surface area contributed by atoms with Crippen LogP contribution in [0.1, 0.15) is 24.2 Å². The summed E-state index contributed by atoms with van der Waals surface area (Å²) in [5, 5.41) is 15.4. The lowest BCUT2D eigenvalue weighted by atomic mass is 9.96. The van der Waals surface area contributed by atoms with Crippen molar-refractivity contribution in [2.45, 2.75) is 24.8 Å². The van der Waals surface area contributed by atoms with Gasteiger partial charge in [-0.25, -0.2) is 0 Å². The molecular weight excluding hydrogens is 439 g/mol. The number of benzene rings is 1. The predicted molar refractivity (Wildman–Crippen MR) is 107 cm³/mol. The van der Waals surface area contributed by atoms with E-state index in [-0.39, 0.29) is 29.4 Å². The average molecular weight is 461 g/mol. The Morgan fingerprint density at radius 3 is 2.75 bits per heavy atom. The molecule has 0 aliphatic heterocycles. The summed E-state index contributed by atoms with van der Waals surface area (Å²) in [5.41, 5.74) is 1.47. The molecule has 0 amide bonds. The molecule has 0 saturated heterocycles. The van der Waals surface area contributed by atoms with Crippen LogP contribution in [0.3, 0.4) is 0 Å². The van der Waals surface area contributed by atoms with E-state index in [2.05, 4.69) is 38.0 Å². The second kappa shape index (κ2) is 8.15. The highest BCUT2D eigenvalue weighted by Gasteiger charge is 2.44. The van der Waals surface area contributed by atoms with Crippen LogP contribution in [0.25, 0.3) is 0 Å². The molecule has 1 aromatic heterocycles. The van der Waals surface area contributed by atoms with E-state index >= 15 is 0 Å². The highest BCUT2D eigenvalue weighted by Crippen LogP contribution is 2.48. The maximum Gasteiger partial charge on any atom is 0.191 e. The molecule has 0 spiro atoms. The van der Waals surface area contributed by atoms with Crippen molar-refractivity contribution in [3.63, 3.8) is 0 Å². The van der Waals surface area contributed by atoms with Gasteiger partial charge in [-0.15, -0.1) is 34.2 Å². The molecule has 0 radical (unpaired) electrons. The van der Waals surface area contributed by atoms with Crippen LogP contribution >= 0.6 is 35.6 Å². The highest BCUT2D eigenvalue weighted by atomic mass is 127. The van der Waals surface area contributed by atoms with Crippen LogP contribution in [0.2, 0.25) is 5.02 Å². The number of rotatable bonds is 5. The first-order chi connectivity index (χ1) is 11.1. The number of halogens is 2. The van der Waals surface area contributed by atoms with E-state index in [0.29, 0.717) is 6.54 Å². The maximum absolute atomic E-state index is 6.12. The van der Waals surface area contributed by atoms with E-state index in [4.69, 9.17) is 11.6 Å². The zero-order chi connectivity index (χ0) is 16.3. The fourth-order valence-electron chi connectivity index (χ4n) is 2.64. The molecule has 1 aliphatic rings. The van der Waals surface area contributed by atoms with Crippen LogP contribution < -0.4 is 10.6 Å². The third-order valence-corrected chi connectivity index (χ3v) is 4.56. The smallest absolute Gasteiger partial charge is 0.191 e. The fraction of sp³-hybridized carbons (Fsp3) is 0.438. The first-order valence-electron chi connectivity index (χ1n) is 7.66. The Labute approximate surface area is 164 Å². The Balaban J connectivity index is 0.00000208. The molecule has 2 N–H and O–H groups in total. The molecule has 1 heterocycles. The van der Waals surface area contributed by atoms with E-state index < -0.39 is 0 Å². The molecule has 1 aromatic carbocycles. The van der Waals surface area contributed by atoms with Gasteiger partial charge in [-0.2, -0.15) is 0 Å². The number of hydrogen-bond donors (Lipinski definition) is 2. The third kappa shape index (κ3) is 4.38. The van der Waals surface area contributed by atoms with Gasteiger partial charge in [0.05, 0.1) is 6.54 Å². The minimum Gasteiger partial charge on any atom is -0.356 e. The van der Waals surface area contributed by atoms with Crippen LogP contribution in [-0.2, 0) is 19.0 Å². The molecule has 1 fully saturated rings. The van der Waals surface area contributed by atoms with Crippen molar-refractivity contribution in [2.75, 3.05) is 13.6 Å². The van der Waals surface area contributed by atoms with E-state index in [1.165, 1.54) is 18.4 Å². The van der Waals surface area contributed by atoms with Gasteiger partial charge in [0, 0.05) is 31.1 Å². The summed E-state index contributed by atoms with van der Waals surface area (Å²) < 4.78 is 1.88. The van der Waals surface area contributed by atoms with Gasteiger partial charge in [-0.05, 0) is 30.5 Å². The first kappa shape index (κ1) is 19.0. The van der Waals surface area contributed by atoms with Crippen molar-refractivity contribution in [2.24, 2.45) is 12.0 Å². The summed E-state index contributed by atoms with van der Waals surface area (Å²) in [5.74, 6) is 1.63. The second-order valence-corrected chi connectivity index (χ2v) is 6.36. The molecule has 24 heavy (non-hydrogen) atoms. The monoisotopic (exact) mass is 460 g/mol. The Kier molecular flexibility index (Phi) is 6.45. The Hall–Kier alpha value is -1.35. The van der Waals surface area contributed by atoms with Crippen LogP contribution in [0.5, 0.6) is 0 Å². The fourth-order valence-corrected chi connectivity index (χ4v) is 2.83. The largest absolute Gasteiger partial charge is 0.356 e. The minimum absolute atomic E-state index is 0. The normalized spacial score (nSPS) is 15.5. The van der Waals surface area contributed by atoms with Crippen molar-refractivity contribution in [3.8, 4) is 0 Å². The van der Waals surface area contributed by atoms with Crippen molar-refractivity contribution in [1.82, 2.24) is 25.4 Å². The van der Waals surface area contributed by atoms with Gasteiger partial charge >= 0.3 is 0 Å². The van der Waals surface area contributed by atoms with Crippen LogP contribution in [0, 0.1) is 0 Å². The van der Waals surface area contributed by atoms with Gasteiger partial charge in [0.1, 0.15) is 6.33 Å². The van der Waals surface area contributed by atoms with Gasteiger partial charge < -0.3 is 15.2 Å². The number of aliphatic imine (C=N–C) groups is 1. The van der Waals surface area contributed by atoms with E-state index in [0.717, 1.165) is 23.4 Å². The molecule has 0 atom stereocenters. The first-order valence-corrected chi connectivity index (χ1v) is 8.04. The van der Waals surface area contributed by atoms with Crippen LogP contribution in [-0.4, -0.2) is 34.3 Å². The SMILES string of the molecule is CN=C(NCc1nncn1C)NCC1(c2cccc(Cl)c2)CC1.I. The van der Waals surface area contributed by atoms with Gasteiger partial charge in [0.2, 0.25) is 0 Å². The predicted octanol–water partition coefficient (Wildman–Crippen LogP) is 2.48. The Morgan fingerprint density at radius 1 is 1.38 bits per heavy atom. The summed E-state index contributed by atoms with van der Waals surface area (Å²) in [4.78, 5) is 4.27. The number of nitrogens with zero attached hydrogens (tertiary/aromatic N) is 4. The summed E-state index contributed by atoms with van der Waals surface area (Å²) in [6.45, 7) is 1.42. The highest BCUT2D eigenvalue weighted by molar-refractivity contribution is 14.0. The molecule has 8 heteroatoms. The van der Waals surface area contributed by atoms with Crippen LogP contribution in [0.15, 0.2) is 35.6 Å². The number of nitrogens with one attached hydrogen (secondary N) is 2. The molecule has 3 rings (SSSR count). The third-order valence-electron chi connectivity index (χ3n) is 4.33. The molecule has 1 saturated carbocycles. The van der Waals surface area contributed by atoms with Crippen molar-refractivity contribution < 1.29 is 0 Å². The van der Waals surface area contributed by atoms with E-state index in [9.17, 15) is 0 Å². The van der Waals surface area contributed by atoms with Gasteiger partial charge in [0.25, 0.3) is 0 Å². The minimum atomic E-state index is 0. The lowest BCUT2D eigenvalue weighted by molar-refractivity contribution is 0.640. The van der Waals surface area contributed by atoms with Gasteiger partial charge in [-0.3, -0.25) is 4.99 Å². The van der Waals surface area contributed by atoms with E-state index in [1.807, 2.05) is 23.7 Å². The lowest BCUT2D eigenvalue weighted by Gasteiger charge is -2.19. The molecule has 2 aromatic rings. The summed E-state index contributed by atoms with van der Waals surface area (Å²) in [6.07, 6.45) is 4.02. The molecule has 6 nitrogen and oxygen atoms in total. The maximum atomic E-state index is 6.12. The van der Waals surface area contributed by atoms with Gasteiger partial charge in [-0.1, -0.05) is 23.7 Å². The zero-order valence-corrected chi connectivity index (χ0v) is 16.9. The zero-order valence-electron chi connectivity index (χ0n) is 13.8. The molecule has 1 aliphatic carbocycles. The quantitative estimate of drug-likeness (QED) is 0.409. The molecule has 0 bridgehead atoms. The molecular formula is C16H22ClIN6. The Bertz CT molecular complexity index is 710. The Morgan fingerprint density at radius 2 is 2.17 bits per heavy atom. The van der Waals surface area contributed by atoms with Gasteiger partial charge in [0.15, 0.2) is 11.8 Å². The number of aromatic nitrogens is 3. The summed E-state index contributed by atoms with van der Waals surface area (Å²) >= 11 is 6.12. The van der Waals surface area contributed by atoms with Crippen molar-refractivity contribution >= 4 is 41.5 Å². The average Bonchev–Trinajstić information content (AvgIpc) is 3.24. The molecule has 0 unspecified atom stereocenters. The van der Waals surface area contributed by atoms with E-state index in [1.54, 1.807) is 13.4 Å². The van der Waals surface area contributed by atoms with Crippen molar-refractivity contribution in [1.29, 1.82) is 0 Å².